The van der Waals surface area contributed by atoms with Crippen molar-refractivity contribution in [2.75, 3.05) is 4.90 Å². The molecule has 0 N–H and O–H groups in total. The van der Waals surface area contributed by atoms with Crippen molar-refractivity contribution in [2.24, 2.45) is 0 Å². The normalized spacial score (nSPS) is 14.0. The molecule has 0 saturated heterocycles. The largest absolute Gasteiger partial charge is 0.300 e. The molecule has 6 heteroatoms. The number of nitrogens with zero attached hydrogens (tertiary/aromatic N) is 3. The van der Waals surface area contributed by atoms with Gasteiger partial charge >= 0.3 is 0 Å². The fourth-order valence-corrected chi connectivity index (χ4v) is 2.84. The number of hydrogen-bond acceptors (Lipinski definition) is 3. The first-order valence-electron chi connectivity index (χ1n) is 6.28. The zero-order chi connectivity index (χ0) is 14.3. The van der Waals surface area contributed by atoms with Crippen molar-refractivity contribution in [3.05, 3.63) is 46.2 Å². The highest BCUT2D eigenvalue weighted by Gasteiger charge is 2.37. The molecule has 0 spiro atoms. The molecule has 0 atom stereocenters. The minimum atomic E-state index is -0.490. The molecule has 1 aromatic heterocycles. The van der Waals surface area contributed by atoms with Gasteiger partial charge in [0.15, 0.2) is 0 Å². The summed E-state index contributed by atoms with van der Waals surface area (Å²) >= 11 is 3.33. The standard InChI is InChI=1S/C14H12BrN3O2/c1-2-17-7-9(6-16-17)8-18-11-5-3-4-10(15)12(11)13(19)14(18)20/h3-7H,2,8H2,1H3. The smallest absolute Gasteiger partial charge is 0.299 e. The first-order valence-corrected chi connectivity index (χ1v) is 7.07. The van der Waals surface area contributed by atoms with Gasteiger partial charge in [-0.2, -0.15) is 5.10 Å². The average Bonchev–Trinajstić information content (AvgIpc) is 2.99. The Balaban J connectivity index is 1.97. The predicted octanol–water partition coefficient (Wildman–Crippen LogP) is 2.40. The predicted molar refractivity (Wildman–Crippen MR) is 77.6 cm³/mol. The van der Waals surface area contributed by atoms with E-state index in [0.29, 0.717) is 22.3 Å². The van der Waals surface area contributed by atoms with Crippen LogP contribution in [0.3, 0.4) is 0 Å². The molecule has 0 radical (unpaired) electrons. The number of anilines is 1. The number of benzene rings is 1. The van der Waals surface area contributed by atoms with Crippen LogP contribution in [0.5, 0.6) is 0 Å². The van der Waals surface area contributed by atoms with Crippen molar-refractivity contribution >= 4 is 33.3 Å². The van der Waals surface area contributed by atoms with Crippen LogP contribution in [0.4, 0.5) is 5.69 Å². The van der Waals surface area contributed by atoms with Gasteiger partial charge in [-0.3, -0.25) is 14.3 Å². The number of fused-ring (bicyclic) bond motifs is 1. The lowest BCUT2D eigenvalue weighted by Crippen LogP contribution is -2.28. The summed E-state index contributed by atoms with van der Waals surface area (Å²) in [7, 11) is 0. The van der Waals surface area contributed by atoms with Crippen molar-refractivity contribution in [3.8, 4) is 0 Å². The SMILES string of the molecule is CCn1cc(CN2C(=O)C(=O)c3c(Br)cccc32)cn1. The van der Waals surface area contributed by atoms with E-state index in [4.69, 9.17) is 0 Å². The van der Waals surface area contributed by atoms with E-state index in [1.54, 1.807) is 23.0 Å². The Morgan fingerprint density at radius 3 is 2.80 bits per heavy atom. The molecule has 5 nitrogen and oxygen atoms in total. The molecule has 1 aliphatic rings. The van der Waals surface area contributed by atoms with Gasteiger partial charge in [0.1, 0.15) is 0 Å². The first-order chi connectivity index (χ1) is 9.61. The zero-order valence-electron chi connectivity index (χ0n) is 10.8. The molecular weight excluding hydrogens is 322 g/mol. The number of amides is 1. The second kappa shape index (κ2) is 4.86. The second-order valence-corrected chi connectivity index (χ2v) is 5.41. The van der Waals surface area contributed by atoms with Gasteiger partial charge in [0.25, 0.3) is 11.7 Å². The number of Topliss-reactive ketones (excluding diaryl/α,β-unsaturated/α-hetero) is 1. The fraction of sp³-hybridized carbons (Fsp3) is 0.214. The summed E-state index contributed by atoms with van der Waals surface area (Å²) < 4.78 is 2.44. The molecule has 2 heterocycles. The van der Waals surface area contributed by atoms with Crippen molar-refractivity contribution in [3.63, 3.8) is 0 Å². The van der Waals surface area contributed by atoms with E-state index in [2.05, 4.69) is 21.0 Å². The van der Waals surface area contributed by atoms with Crippen LogP contribution in [-0.2, 0) is 17.9 Å². The molecule has 0 fully saturated rings. The topological polar surface area (TPSA) is 55.2 Å². The minimum Gasteiger partial charge on any atom is -0.300 e. The Morgan fingerprint density at radius 2 is 2.10 bits per heavy atom. The maximum atomic E-state index is 12.1. The van der Waals surface area contributed by atoms with Crippen LogP contribution in [0.25, 0.3) is 0 Å². The van der Waals surface area contributed by atoms with E-state index in [-0.39, 0.29) is 0 Å². The molecular formula is C14H12BrN3O2. The summed E-state index contributed by atoms with van der Waals surface area (Å²) in [5.74, 6) is -0.952. The molecule has 3 rings (SSSR count). The summed E-state index contributed by atoms with van der Waals surface area (Å²) in [6.45, 7) is 3.12. The van der Waals surface area contributed by atoms with E-state index in [1.165, 1.54) is 4.90 Å². The van der Waals surface area contributed by atoms with Crippen molar-refractivity contribution in [2.45, 2.75) is 20.0 Å². The van der Waals surface area contributed by atoms with E-state index in [1.807, 2.05) is 19.2 Å². The highest BCUT2D eigenvalue weighted by Crippen LogP contribution is 2.35. The van der Waals surface area contributed by atoms with Gasteiger partial charge in [-0.1, -0.05) is 6.07 Å². The number of halogens is 1. The Hall–Kier alpha value is -1.95. The van der Waals surface area contributed by atoms with Gasteiger partial charge in [0.2, 0.25) is 0 Å². The van der Waals surface area contributed by atoms with Gasteiger partial charge in [0, 0.05) is 22.8 Å². The van der Waals surface area contributed by atoms with Crippen LogP contribution in [0.15, 0.2) is 35.1 Å². The van der Waals surface area contributed by atoms with E-state index in [9.17, 15) is 9.59 Å². The number of rotatable bonds is 3. The number of ketones is 1. The quantitative estimate of drug-likeness (QED) is 0.810. The molecule has 0 aliphatic carbocycles. The Labute approximate surface area is 124 Å². The lowest BCUT2D eigenvalue weighted by atomic mass is 10.1. The summed E-state index contributed by atoms with van der Waals surface area (Å²) in [5.41, 5.74) is 2.00. The monoisotopic (exact) mass is 333 g/mol. The molecule has 1 amide bonds. The van der Waals surface area contributed by atoms with Crippen molar-refractivity contribution < 1.29 is 9.59 Å². The third kappa shape index (κ3) is 1.96. The van der Waals surface area contributed by atoms with E-state index >= 15 is 0 Å². The first kappa shape index (κ1) is 13.1. The number of carbonyl (C=O) groups is 2. The maximum absolute atomic E-state index is 12.1. The lowest BCUT2D eigenvalue weighted by molar-refractivity contribution is -0.114. The Morgan fingerprint density at radius 1 is 1.30 bits per heavy atom. The van der Waals surface area contributed by atoms with Crippen LogP contribution in [0.1, 0.15) is 22.8 Å². The van der Waals surface area contributed by atoms with Gasteiger partial charge in [0.05, 0.1) is 24.0 Å². The highest BCUT2D eigenvalue weighted by atomic mass is 79.9. The third-order valence-corrected chi connectivity index (χ3v) is 3.96. The van der Waals surface area contributed by atoms with Crippen LogP contribution >= 0.6 is 15.9 Å². The minimum absolute atomic E-state index is 0.355. The number of hydrogen-bond donors (Lipinski definition) is 0. The number of carbonyl (C=O) groups excluding carboxylic acids is 2. The van der Waals surface area contributed by atoms with Gasteiger partial charge in [-0.05, 0) is 35.0 Å². The van der Waals surface area contributed by atoms with Crippen LogP contribution in [0, 0.1) is 0 Å². The lowest BCUT2D eigenvalue weighted by Gasteiger charge is -2.15. The molecule has 2 aromatic rings. The average molecular weight is 334 g/mol. The molecule has 0 saturated carbocycles. The number of aromatic nitrogens is 2. The zero-order valence-corrected chi connectivity index (χ0v) is 12.4. The summed E-state index contributed by atoms with van der Waals surface area (Å²) in [5, 5.41) is 4.18. The summed E-state index contributed by atoms with van der Waals surface area (Å²) in [6, 6.07) is 5.37. The van der Waals surface area contributed by atoms with Crippen molar-refractivity contribution in [1.29, 1.82) is 0 Å². The number of aryl methyl sites for hydroxylation is 1. The molecule has 0 bridgehead atoms. The fourth-order valence-electron chi connectivity index (χ4n) is 2.30. The Bertz CT molecular complexity index is 708. The molecule has 1 aliphatic heterocycles. The Kier molecular flexibility index (Phi) is 3.17. The van der Waals surface area contributed by atoms with Crippen LogP contribution in [0.2, 0.25) is 0 Å². The van der Waals surface area contributed by atoms with Gasteiger partial charge in [-0.15, -0.1) is 0 Å². The van der Waals surface area contributed by atoms with Crippen molar-refractivity contribution in [1.82, 2.24) is 9.78 Å². The second-order valence-electron chi connectivity index (χ2n) is 4.56. The molecule has 0 unspecified atom stereocenters. The van der Waals surface area contributed by atoms with Crippen LogP contribution in [-0.4, -0.2) is 21.5 Å². The van der Waals surface area contributed by atoms with E-state index in [0.717, 1.165) is 12.1 Å². The molecule has 102 valence electrons. The molecule has 20 heavy (non-hydrogen) atoms. The summed E-state index contributed by atoms with van der Waals surface area (Å²) in [4.78, 5) is 25.7. The maximum Gasteiger partial charge on any atom is 0.299 e. The van der Waals surface area contributed by atoms with Gasteiger partial charge in [-0.25, -0.2) is 0 Å². The van der Waals surface area contributed by atoms with Crippen LogP contribution < -0.4 is 4.90 Å². The molecule has 1 aromatic carbocycles. The van der Waals surface area contributed by atoms with Gasteiger partial charge < -0.3 is 4.90 Å². The van der Waals surface area contributed by atoms with E-state index < -0.39 is 11.7 Å². The highest BCUT2D eigenvalue weighted by molar-refractivity contribution is 9.10. The summed E-state index contributed by atoms with van der Waals surface area (Å²) in [6.07, 6.45) is 3.60. The third-order valence-electron chi connectivity index (χ3n) is 3.30.